The van der Waals surface area contributed by atoms with E-state index in [2.05, 4.69) is 13.0 Å². The Morgan fingerprint density at radius 3 is 2.79 bits per heavy atom. The van der Waals surface area contributed by atoms with Gasteiger partial charge in [0.05, 0.1) is 12.5 Å². The minimum absolute atomic E-state index is 0.0234. The van der Waals surface area contributed by atoms with Crippen molar-refractivity contribution in [1.82, 2.24) is 0 Å². The highest BCUT2D eigenvalue weighted by atomic mass is 16.5. The van der Waals surface area contributed by atoms with Crippen LogP contribution in [-0.2, 0) is 9.53 Å². The molecular weight excluding hydrogens is 176 g/mol. The summed E-state index contributed by atoms with van der Waals surface area (Å²) in [6, 6.07) is 0. The first-order valence-corrected chi connectivity index (χ1v) is 5.65. The summed E-state index contributed by atoms with van der Waals surface area (Å²) in [6.45, 7) is 4.40. The van der Waals surface area contributed by atoms with Crippen molar-refractivity contribution in [2.24, 2.45) is 5.92 Å². The Kier molecular flexibility index (Phi) is 4.71. The monoisotopic (exact) mass is 196 g/mol. The number of ether oxygens (including phenoxy) is 1. The van der Waals surface area contributed by atoms with E-state index in [1.807, 2.05) is 6.92 Å². The van der Waals surface area contributed by atoms with Crippen molar-refractivity contribution in [2.75, 3.05) is 6.61 Å². The van der Waals surface area contributed by atoms with Crippen LogP contribution in [0.4, 0.5) is 0 Å². The molecular formula is C12H20O2. The Morgan fingerprint density at radius 2 is 2.29 bits per heavy atom. The lowest BCUT2D eigenvalue weighted by molar-refractivity contribution is -0.146. The molecule has 0 fully saturated rings. The zero-order chi connectivity index (χ0) is 10.4. The molecule has 0 unspecified atom stereocenters. The maximum atomic E-state index is 11.6. The quantitative estimate of drug-likeness (QED) is 0.510. The molecule has 0 N–H and O–H groups in total. The highest BCUT2D eigenvalue weighted by Gasteiger charge is 2.22. The van der Waals surface area contributed by atoms with Gasteiger partial charge in [-0.1, -0.05) is 18.6 Å². The SMILES string of the molecule is CCOC(=O)[C@H](CC)C1=CCCCC1. The first kappa shape index (κ1) is 11.3. The predicted molar refractivity (Wildman–Crippen MR) is 57.0 cm³/mol. The number of hydrogen-bond acceptors (Lipinski definition) is 2. The molecule has 2 heteroatoms. The van der Waals surface area contributed by atoms with Crippen LogP contribution >= 0.6 is 0 Å². The Labute approximate surface area is 86.3 Å². The minimum atomic E-state index is -0.0387. The molecule has 0 saturated heterocycles. The second-order valence-corrected chi connectivity index (χ2v) is 3.74. The first-order valence-electron chi connectivity index (χ1n) is 5.65. The lowest BCUT2D eigenvalue weighted by atomic mass is 9.87. The van der Waals surface area contributed by atoms with Crippen molar-refractivity contribution in [3.63, 3.8) is 0 Å². The summed E-state index contributed by atoms with van der Waals surface area (Å²) >= 11 is 0. The summed E-state index contributed by atoms with van der Waals surface area (Å²) in [6.07, 6.45) is 7.80. The Balaban J connectivity index is 2.60. The van der Waals surface area contributed by atoms with Crippen LogP contribution in [0.3, 0.4) is 0 Å². The van der Waals surface area contributed by atoms with Gasteiger partial charge in [-0.05, 0) is 39.0 Å². The molecule has 0 bridgehead atoms. The van der Waals surface area contributed by atoms with Crippen LogP contribution in [0.5, 0.6) is 0 Å². The second kappa shape index (κ2) is 5.84. The molecule has 2 nitrogen and oxygen atoms in total. The standard InChI is InChI=1S/C12H20O2/c1-3-11(12(13)14-4-2)10-8-6-5-7-9-10/h8,11H,3-7,9H2,1-2H3/t11-/m1/s1. The molecule has 0 aromatic heterocycles. The highest BCUT2D eigenvalue weighted by molar-refractivity contribution is 5.75. The largest absolute Gasteiger partial charge is 0.466 e. The van der Waals surface area contributed by atoms with Crippen molar-refractivity contribution in [2.45, 2.75) is 46.0 Å². The van der Waals surface area contributed by atoms with E-state index >= 15 is 0 Å². The smallest absolute Gasteiger partial charge is 0.313 e. The van der Waals surface area contributed by atoms with Crippen molar-refractivity contribution < 1.29 is 9.53 Å². The van der Waals surface area contributed by atoms with Gasteiger partial charge in [0, 0.05) is 0 Å². The molecule has 0 amide bonds. The highest BCUT2D eigenvalue weighted by Crippen LogP contribution is 2.27. The zero-order valence-corrected chi connectivity index (χ0v) is 9.21. The number of hydrogen-bond donors (Lipinski definition) is 0. The molecule has 1 aliphatic rings. The molecule has 0 radical (unpaired) electrons. The molecule has 0 spiro atoms. The van der Waals surface area contributed by atoms with E-state index in [-0.39, 0.29) is 11.9 Å². The van der Waals surface area contributed by atoms with Crippen molar-refractivity contribution in [3.8, 4) is 0 Å². The van der Waals surface area contributed by atoms with Gasteiger partial charge in [0.25, 0.3) is 0 Å². The van der Waals surface area contributed by atoms with Crippen LogP contribution in [0.1, 0.15) is 46.0 Å². The number of rotatable bonds is 4. The van der Waals surface area contributed by atoms with Crippen LogP contribution < -0.4 is 0 Å². The van der Waals surface area contributed by atoms with Gasteiger partial charge in [-0.15, -0.1) is 0 Å². The third-order valence-corrected chi connectivity index (χ3v) is 2.75. The molecule has 0 aliphatic heterocycles. The molecule has 1 aliphatic carbocycles. The summed E-state index contributed by atoms with van der Waals surface area (Å²) in [4.78, 5) is 11.6. The number of allylic oxidation sites excluding steroid dienone is 1. The maximum Gasteiger partial charge on any atom is 0.313 e. The van der Waals surface area contributed by atoms with E-state index in [1.54, 1.807) is 0 Å². The Bertz CT molecular complexity index is 218. The van der Waals surface area contributed by atoms with Gasteiger partial charge in [0.2, 0.25) is 0 Å². The molecule has 1 rings (SSSR count). The molecule has 1 atom stereocenters. The van der Waals surface area contributed by atoms with Crippen LogP contribution in [-0.4, -0.2) is 12.6 Å². The maximum absolute atomic E-state index is 11.6. The molecule has 0 saturated carbocycles. The van der Waals surface area contributed by atoms with E-state index in [9.17, 15) is 4.79 Å². The fourth-order valence-electron chi connectivity index (χ4n) is 2.00. The van der Waals surface area contributed by atoms with Gasteiger partial charge in [-0.2, -0.15) is 0 Å². The van der Waals surface area contributed by atoms with Crippen LogP contribution in [0.25, 0.3) is 0 Å². The van der Waals surface area contributed by atoms with Gasteiger partial charge < -0.3 is 4.74 Å². The number of esters is 1. The molecule has 0 aromatic carbocycles. The third-order valence-electron chi connectivity index (χ3n) is 2.75. The summed E-state index contributed by atoms with van der Waals surface area (Å²) in [5, 5.41) is 0. The first-order chi connectivity index (χ1) is 6.79. The van der Waals surface area contributed by atoms with Gasteiger partial charge in [0.1, 0.15) is 0 Å². The lowest BCUT2D eigenvalue weighted by Gasteiger charge is -2.20. The summed E-state index contributed by atoms with van der Waals surface area (Å²) < 4.78 is 5.07. The second-order valence-electron chi connectivity index (χ2n) is 3.74. The topological polar surface area (TPSA) is 26.3 Å². The predicted octanol–water partition coefficient (Wildman–Crippen LogP) is 3.08. The van der Waals surface area contributed by atoms with E-state index in [4.69, 9.17) is 4.74 Å². The van der Waals surface area contributed by atoms with E-state index in [0.717, 1.165) is 19.3 Å². The van der Waals surface area contributed by atoms with Crippen LogP contribution in [0.15, 0.2) is 11.6 Å². The molecule has 80 valence electrons. The summed E-state index contributed by atoms with van der Waals surface area (Å²) in [7, 11) is 0. The van der Waals surface area contributed by atoms with Crippen molar-refractivity contribution >= 4 is 5.97 Å². The Morgan fingerprint density at radius 1 is 1.50 bits per heavy atom. The third kappa shape index (κ3) is 2.86. The average Bonchev–Trinajstić information content (AvgIpc) is 2.21. The average molecular weight is 196 g/mol. The van der Waals surface area contributed by atoms with Gasteiger partial charge >= 0.3 is 5.97 Å². The summed E-state index contributed by atoms with van der Waals surface area (Å²) in [5.74, 6) is -0.0154. The van der Waals surface area contributed by atoms with Crippen LogP contribution in [0, 0.1) is 5.92 Å². The van der Waals surface area contributed by atoms with Gasteiger partial charge in [-0.3, -0.25) is 4.79 Å². The summed E-state index contributed by atoms with van der Waals surface area (Å²) in [5.41, 5.74) is 1.30. The lowest BCUT2D eigenvalue weighted by Crippen LogP contribution is -2.20. The number of carbonyl (C=O) groups excluding carboxylic acids is 1. The molecule has 0 aromatic rings. The molecule has 0 heterocycles. The normalized spacial score (nSPS) is 18.6. The van der Waals surface area contributed by atoms with E-state index < -0.39 is 0 Å². The van der Waals surface area contributed by atoms with Gasteiger partial charge in [0.15, 0.2) is 0 Å². The molecule has 14 heavy (non-hydrogen) atoms. The van der Waals surface area contributed by atoms with Gasteiger partial charge in [-0.25, -0.2) is 0 Å². The van der Waals surface area contributed by atoms with Crippen molar-refractivity contribution in [1.29, 1.82) is 0 Å². The fraction of sp³-hybridized carbons (Fsp3) is 0.750. The minimum Gasteiger partial charge on any atom is -0.466 e. The van der Waals surface area contributed by atoms with E-state index in [0.29, 0.717) is 6.61 Å². The zero-order valence-electron chi connectivity index (χ0n) is 9.21. The fourth-order valence-corrected chi connectivity index (χ4v) is 2.00. The van der Waals surface area contributed by atoms with E-state index in [1.165, 1.54) is 18.4 Å². The number of carbonyl (C=O) groups is 1. The van der Waals surface area contributed by atoms with Crippen LogP contribution in [0.2, 0.25) is 0 Å². The Hall–Kier alpha value is -0.790. The van der Waals surface area contributed by atoms with Crippen molar-refractivity contribution in [3.05, 3.63) is 11.6 Å².